The zero-order chi connectivity index (χ0) is 42.5. The van der Waals surface area contributed by atoms with Crippen molar-refractivity contribution in [3.63, 3.8) is 0 Å². The van der Waals surface area contributed by atoms with E-state index in [4.69, 9.17) is 0 Å². The fourth-order valence-electron chi connectivity index (χ4n) is 4.93. The number of aromatic amines is 1. The average molecular weight is 858 g/mol. The molecule has 1 aliphatic rings. The molecule has 56 heavy (non-hydrogen) atoms. The second-order valence-corrected chi connectivity index (χ2v) is 17.2. The van der Waals surface area contributed by atoms with Gasteiger partial charge in [-0.25, -0.2) is 4.68 Å². The standard InChI is InChI=1S/C30H27N5O17S4/c1-15(36)26-20(29(39)34(31-26)22-13-18(53(41,42)43)7-11-24(22)55(47,48)49)9-5-17(28(38)33(3)4)6-10-21-27(16(2)37)32-35(30(21)40)23-14-19(54(44,45)46)8-12-25(23)56(50,51)52/h5-14,31H,1-4H3,(H,41,42,43)(H,44,45,46)(H,47,48,49)(H,50,51,52). The van der Waals surface area contributed by atoms with Crippen LogP contribution in [0.5, 0.6) is 0 Å². The summed E-state index contributed by atoms with van der Waals surface area (Å²) < 4.78 is 134. The molecule has 2 heterocycles. The highest BCUT2D eigenvalue weighted by atomic mass is 32.2. The van der Waals surface area contributed by atoms with Crippen LogP contribution >= 0.6 is 0 Å². The summed E-state index contributed by atoms with van der Waals surface area (Å²) in [5.74, 6) is -3.89. The molecule has 4 rings (SSSR count). The third kappa shape index (κ3) is 8.87. The van der Waals surface area contributed by atoms with E-state index in [9.17, 15) is 75.9 Å². The Hall–Kier alpha value is -5.74. The monoisotopic (exact) mass is 857 g/mol. The molecule has 0 saturated carbocycles. The first-order chi connectivity index (χ1) is 25.5. The molecule has 0 spiro atoms. The van der Waals surface area contributed by atoms with Gasteiger partial charge in [0.15, 0.2) is 11.6 Å². The first-order valence-electron chi connectivity index (χ1n) is 14.9. The summed E-state index contributed by atoms with van der Waals surface area (Å²) in [7, 11) is -17.8. The van der Waals surface area contributed by atoms with Gasteiger partial charge in [-0.3, -0.25) is 47.3 Å². The van der Waals surface area contributed by atoms with Crippen molar-refractivity contribution in [3.05, 3.63) is 87.4 Å². The van der Waals surface area contributed by atoms with Gasteiger partial charge in [0.05, 0.1) is 32.3 Å². The van der Waals surface area contributed by atoms with Crippen molar-refractivity contribution in [2.24, 2.45) is 5.10 Å². The predicted molar refractivity (Wildman–Crippen MR) is 192 cm³/mol. The van der Waals surface area contributed by atoms with Crippen LogP contribution in [0, 0.1) is 0 Å². The zero-order valence-corrected chi connectivity index (χ0v) is 32.1. The Bertz CT molecular complexity index is 2900. The van der Waals surface area contributed by atoms with E-state index in [-0.39, 0.29) is 5.01 Å². The van der Waals surface area contributed by atoms with Crippen molar-refractivity contribution < 1.29 is 71.1 Å². The second kappa shape index (κ2) is 15.1. The molecule has 5 N–H and O–H groups in total. The zero-order valence-electron chi connectivity index (χ0n) is 28.8. The van der Waals surface area contributed by atoms with Crippen molar-refractivity contribution in [1.29, 1.82) is 0 Å². The minimum atomic E-state index is -5.19. The molecule has 0 fully saturated rings. The van der Waals surface area contributed by atoms with E-state index in [0.29, 0.717) is 41.1 Å². The lowest BCUT2D eigenvalue weighted by Crippen LogP contribution is -2.24. The highest BCUT2D eigenvalue weighted by molar-refractivity contribution is 7.87. The van der Waals surface area contributed by atoms with E-state index < -0.39 is 128 Å². The Morgan fingerprint density at radius 3 is 1.70 bits per heavy atom. The number of H-pyrrole nitrogens is 1. The number of hydrazone groups is 1. The van der Waals surface area contributed by atoms with Gasteiger partial charge >= 0.3 is 0 Å². The number of nitrogens with one attached hydrogen (secondary N) is 1. The first-order valence-corrected chi connectivity index (χ1v) is 20.6. The summed E-state index contributed by atoms with van der Waals surface area (Å²) in [5, 5.41) is 6.31. The lowest BCUT2D eigenvalue weighted by molar-refractivity contribution is -0.124. The number of amides is 2. The number of Topliss-reactive ketones (excluding diaryl/α,β-unsaturated/α-hetero) is 2. The Kier molecular flexibility index (Phi) is 11.6. The number of hydrogen-bond donors (Lipinski definition) is 5. The van der Waals surface area contributed by atoms with Crippen LogP contribution in [0.2, 0.25) is 0 Å². The molecule has 0 unspecified atom stereocenters. The molecule has 22 nitrogen and oxygen atoms in total. The van der Waals surface area contributed by atoms with Crippen LogP contribution in [-0.4, -0.2) is 110 Å². The van der Waals surface area contributed by atoms with Gasteiger partial charge in [-0.05, 0) is 60.7 Å². The first kappa shape index (κ1) is 43.0. The fraction of sp³-hybridized carbons (Fsp3) is 0.133. The molecule has 1 aliphatic heterocycles. The summed E-state index contributed by atoms with van der Waals surface area (Å²) in [6, 6.07) is 3.31. The molecule has 1 aromatic heterocycles. The molecule has 0 saturated heterocycles. The van der Waals surface area contributed by atoms with E-state index in [1.54, 1.807) is 0 Å². The third-order valence-electron chi connectivity index (χ3n) is 7.48. The molecule has 2 aromatic carbocycles. The third-order valence-corrected chi connectivity index (χ3v) is 11.0. The largest absolute Gasteiger partial charge is 0.345 e. The van der Waals surface area contributed by atoms with E-state index in [0.717, 1.165) is 43.1 Å². The summed E-state index contributed by atoms with van der Waals surface area (Å²) >= 11 is 0. The van der Waals surface area contributed by atoms with Gasteiger partial charge in [0.25, 0.3) is 57.8 Å². The average Bonchev–Trinajstić information content (AvgIpc) is 3.58. The van der Waals surface area contributed by atoms with E-state index in [1.807, 2.05) is 0 Å². The molecule has 0 aliphatic carbocycles. The van der Waals surface area contributed by atoms with E-state index in [2.05, 4.69) is 10.2 Å². The molecule has 2 amide bonds. The van der Waals surface area contributed by atoms with Crippen LogP contribution in [0.25, 0.3) is 11.8 Å². The number of hydrogen-bond acceptors (Lipinski definition) is 14. The van der Waals surface area contributed by atoms with Crippen LogP contribution in [0.3, 0.4) is 0 Å². The number of carbonyl (C=O) groups is 4. The van der Waals surface area contributed by atoms with Crippen LogP contribution in [-0.2, 0) is 54.9 Å². The lowest BCUT2D eigenvalue weighted by atomic mass is 10.0. The number of anilines is 1. The number of aromatic nitrogens is 2. The SMILES string of the molecule is CC(=O)C1=NN(c2cc(S(=O)(=O)O)ccc2S(=O)(=O)O)C(=O)C1=CC=C(C=Cc1c(C(C)=O)[nH]n(-c2cc(S(=O)(=O)O)ccc2S(=O)(=O)O)c1=O)C(=O)N(C)C. The lowest BCUT2D eigenvalue weighted by Gasteiger charge is -2.15. The Labute approximate surface area is 316 Å². The molecule has 0 bridgehead atoms. The van der Waals surface area contributed by atoms with Crippen LogP contribution < -0.4 is 10.6 Å². The van der Waals surface area contributed by atoms with Gasteiger partial charge < -0.3 is 4.90 Å². The van der Waals surface area contributed by atoms with Crippen molar-refractivity contribution >= 4 is 81.3 Å². The molecule has 298 valence electrons. The minimum Gasteiger partial charge on any atom is -0.345 e. The molecule has 0 radical (unpaired) electrons. The van der Waals surface area contributed by atoms with Crippen molar-refractivity contribution in [3.8, 4) is 5.69 Å². The van der Waals surface area contributed by atoms with Gasteiger partial charge in [0.1, 0.15) is 21.2 Å². The van der Waals surface area contributed by atoms with E-state index >= 15 is 0 Å². The maximum atomic E-state index is 13.6. The van der Waals surface area contributed by atoms with Gasteiger partial charge in [-0.15, -0.1) is 0 Å². The number of likely N-dealkylation sites (N-methyl/N-ethyl adjacent to an activating group) is 1. The van der Waals surface area contributed by atoms with Crippen molar-refractivity contribution in [2.75, 3.05) is 19.1 Å². The minimum absolute atomic E-state index is 0.247. The normalized spacial score (nSPS) is 15.1. The highest BCUT2D eigenvalue weighted by Crippen LogP contribution is 2.33. The smallest absolute Gasteiger partial charge is 0.296 e. The molecule has 26 heteroatoms. The maximum absolute atomic E-state index is 13.6. The summed E-state index contributed by atoms with van der Waals surface area (Å²) in [4.78, 5) is 62.7. The number of ketones is 2. The number of benzene rings is 2. The van der Waals surface area contributed by atoms with Crippen molar-refractivity contribution in [1.82, 2.24) is 14.7 Å². The summed E-state index contributed by atoms with van der Waals surface area (Å²) in [5.41, 5.74) is -5.74. The number of rotatable bonds is 12. The highest BCUT2D eigenvalue weighted by Gasteiger charge is 2.37. The van der Waals surface area contributed by atoms with Gasteiger partial charge in [-0.1, -0.05) is 0 Å². The number of nitrogens with zero attached hydrogens (tertiary/aromatic N) is 4. The Morgan fingerprint density at radius 1 is 0.750 bits per heavy atom. The van der Waals surface area contributed by atoms with E-state index in [1.165, 1.54) is 14.1 Å². The summed E-state index contributed by atoms with van der Waals surface area (Å²) in [6.07, 6.45) is 3.62. The van der Waals surface area contributed by atoms with Crippen LogP contribution in [0.15, 0.2) is 95.3 Å². The van der Waals surface area contributed by atoms with Gasteiger partial charge in [-0.2, -0.15) is 43.8 Å². The second-order valence-electron chi connectivity index (χ2n) is 11.6. The Balaban J connectivity index is 1.93. The summed E-state index contributed by atoms with van der Waals surface area (Å²) in [6.45, 7) is 1.91. The molecule has 0 atom stereocenters. The predicted octanol–water partition coefficient (Wildman–Crippen LogP) is 0.301. The van der Waals surface area contributed by atoms with Gasteiger partial charge in [0.2, 0.25) is 0 Å². The van der Waals surface area contributed by atoms with Crippen LogP contribution in [0.1, 0.15) is 29.9 Å². The Morgan fingerprint density at radius 2 is 1.25 bits per heavy atom. The fourth-order valence-corrected chi connectivity index (χ4v) is 7.23. The quantitative estimate of drug-likeness (QED) is 0.0708. The molecular weight excluding hydrogens is 831 g/mol. The van der Waals surface area contributed by atoms with Gasteiger partial charge in [0, 0.05) is 33.5 Å². The topological polar surface area (TPSA) is 342 Å². The number of allylic oxidation sites excluding steroid dienone is 2. The molecule has 3 aromatic rings. The van der Waals surface area contributed by atoms with Crippen molar-refractivity contribution in [2.45, 2.75) is 33.4 Å². The van der Waals surface area contributed by atoms with Crippen LogP contribution in [0.4, 0.5) is 5.69 Å². The molecular formula is C30H27N5O17S4. The maximum Gasteiger partial charge on any atom is 0.296 e. The number of carbonyl (C=O) groups excluding carboxylic acids is 4.